The third kappa shape index (κ3) is 3.11. The van der Waals surface area contributed by atoms with Gasteiger partial charge in [-0.2, -0.15) is 0 Å². The molecule has 0 heterocycles. The van der Waals surface area contributed by atoms with E-state index in [1.165, 1.54) is 11.1 Å². The fourth-order valence-corrected chi connectivity index (χ4v) is 1.43. The highest BCUT2D eigenvalue weighted by atomic mass is 16.5. The van der Waals surface area contributed by atoms with Crippen molar-refractivity contribution in [2.24, 2.45) is 0 Å². The van der Waals surface area contributed by atoms with Crippen LogP contribution in [0.15, 0.2) is 54.6 Å². The molecule has 0 spiro atoms. The summed E-state index contributed by atoms with van der Waals surface area (Å²) in [5, 5.41) is 7.00. The molecule has 2 aromatic carbocycles. The molecule has 0 saturated heterocycles. The van der Waals surface area contributed by atoms with Crippen molar-refractivity contribution in [3.05, 3.63) is 54.6 Å². The molecular weight excluding hydrogens is 200 g/mol. The Kier molecular flexibility index (Phi) is 5.09. The van der Waals surface area contributed by atoms with Crippen molar-refractivity contribution in [2.45, 2.75) is 0 Å². The summed E-state index contributed by atoms with van der Waals surface area (Å²) in [6, 6.07) is 18.3. The molecule has 0 bridgehead atoms. The molecule has 0 amide bonds. The van der Waals surface area contributed by atoms with E-state index in [1.54, 1.807) is 7.11 Å². The summed E-state index contributed by atoms with van der Waals surface area (Å²) in [6.45, 7) is 0. The van der Waals surface area contributed by atoms with E-state index >= 15 is 0 Å². The van der Waals surface area contributed by atoms with Gasteiger partial charge in [0.2, 0.25) is 0 Å². The van der Waals surface area contributed by atoms with Gasteiger partial charge in [0.1, 0.15) is 5.75 Å². The number of methoxy groups -OCH3 is 1. The molecule has 2 rings (SSSR count). The summed E-state index contributed by atoms with van der Waals surface area (Å²) in [6.07, 6.45) is 0. The van der Waals surface area contributed by atoms with Crippen molar-refractivity contribution in [3.63, 3.8) is 0 Å². The molecule has 0 fully saturated rings. The number of aliphatic hydroxyl groups excluding tert-OH is 1. The van der Waals surface area contributed by atoms with E-state index in [0.717, 1.165) is 12.9 Å². The van der Waals surface area contributed by atoms with E-state index in [0.29, 0.717) is 0 Å². The number of benzene rings is 2. The lowest BCUT2D eigenvalue weighted by atomic mass is 10.1. The Morgan fingerprint density at radius 1 is 0.812 bits per heavy atom. The molecule has 0 aromatic heterocycles. The fraction of sp³-hybridized carbons (Fsp3) is 0.143. The van der Waals surface area contributed by atoms with Gasteiger partial charge in [-0.05, 0) is 23.3 Å². The van der Waals surface area contributed by atoms with E-state index in [-0.39, 0.29) is 0 Å². The van der Waals surface area contributed by atoms with E-state index in [1.807, 2.05) is 36.4 Å². The van der Waals surface area contributed by atoms with E-state index in [2.05, 4.69) is 18.2 Å². The first kappa shape index (κ1) is 12.3. The lowest BCUT2D eigenvalue weighted by Crippen LogP contribution is -1.83. The van der Waals surface area contributed by atoms with Crippen LogP contribution in [-0.4, -0.2) is 19.3 Å². The van der Waals surface area contributed by atoms with Gasteiger partial charge in [-0.1, -0.05) is 42.5 Å². The molecule has 0 aliphatic heterocycles. The number of ether oxygens (including phenoxy) is 1. The zero-order chi connectivity index (χ0) is 11.8. The monoisotopic (exact) mass is 216 g/mol. The number of rotatable bonds is 2. The molecule has 0 aliphatic carbocycles. The molecule has 0 atom stereocenters. The lowest BCUT2D eigenvalue weighted by molar-refractivity contribution is 0.399. The second kappa shape index (κ2) is 6.64. The molecule has 0 saturated carbocycles. The normalized spacial score (nSPS) is 8.94. The maximum Gasteiger partial charge on any atom is 0.119 e. The minimum Gasteiger partial charge on any atom is -0.497 e. The van der Waals surface area contributed by atoms with E-state index < -0.39 is 0 Å². The highest BCUT2D eigenvalue weighted by Crippen LogP contribution is 2.22. The summed E-state index contributed by atoms with van der Waals surface area (Å²) in [5.74, 6) is 0.895. The van der Waals surface area contributed by atoms with Crippen molar-refractivity contribution >= 4 is 0 Å². The van der Waals surface area contributed by atoms with Crippen LogP contribution in [-0.2, 0) is 0 Å². The summed E-state index contributed by atoms with van der Waals surface area (Å²) in [7, 11) is 2.68. The minimum absolute atomic E-state index is 0.895. The number of hydrogen-bond donors (Lipinski definition) is 1. The van der Waals surface area contributed by atoms with Gasteiger partial charge >= 0.3 is 0 Å². The third-order valence-corrected chi connectivity index (χ3v) is 2.18. The predicted molar refractivity (Wildman–Crippen MR) is 66.6 cm³/mol. The second-order valence-corrected chi connectivity index (χ2v) is 3.10. The molecule has 2 nitrogen and oxygen atoms in total. The molecule has 2 heteroatoms. The molecule has 84 valence electrons. The number of hydrogen-bond acceptors (Lipinski definition) is 2. The first-order valence-corrected chi connectivity index (χ1v) is 5.04. The SMILES string of the molecule is CO.COc1cccc(-c2ccccc2)c1. The van der Waals surface area contributed by atoms with Crippen molar-refractivity contribution in [2.75, 3.05) is 14.2 Å². The molecule has 2 aromatic rings. The molecule has 0 aliphatic rings. The Hall–Kier alpha value is -1.80. The molecule has 0 unspecified atom stereocenters. The third-order valence-electron chi connectivity index (χ3n) is 2.18. The summed E-state index contributed by atoms with van der Waals surface area (Å²) >= 11 is 0. The fourth-order valence-electron chi connectivity index (χ4n) is 1.43. The van der Waals surface area contributed by atoms with Crippen molar-refractivity contribution in [1.82, 2.24) is 0 Å². The van der Waals surface area contributed by atoms with Gasteiger partial charge < -0.3 is 9.84 Å². The van der Waals surface area contributed by atoms with Crippen LogP contribution in [0.2, 0.25) is 0 Å². The van der Waals surface area contributed by atoms with Gasteiger partial charge in [0, 0.05) is 7.11 Å². The standard InChI is InChI=1S/C13H12O.CH4O/c1-14-13-9-5-8-12(10-13)11-6-3-2-4-7-11;1-2/h2-10H,1H3;2H,1H3. The van der Waals surface area contributed by atoms with Crippen molar-refractivity contribution in [1.29, 1.82) is 0 Å². The van der Waals surface area contributed by atoms with Gasteiger partial charge in [0.25, 0.3) is 0 Å². The van der Waals surface area contributed by atoms with Crippen molar-refractivity contribution < 1.29 is 9.84 Å². The maximum atomic E-state index is 7.00. The molecular formula is C14H16O2. The van der Waals surface area contributed by atoms with Gasteiger partial charge in [0.15, 0.2) is 0 Å². The molecule has 1 N–H and O–H groups in total. The van der Waals surface area contributed by atoms with Crippen LogP contribution in [0.25, 0.3) is 11.1 Å². The van der Waals surface area contributed by atoms with Crippen LogP contribution in [0.4, 0.5) is 0 Å². The van der Waals surface area contributed by atoms with Gasteiger partial charge in [0.05, 0.1) is 7.11 Å². The average Bonchev–Trinajstić information content (AvgIpc) is 2.42. The van der Waals surface area contributed by atoms with Gasteiger partial charge in [-0.15, -0.1) is 0 Å². The van der Waals surface area contributed by atoms with Crippen LogP contribution in [0.3, 0.4) is 0 Å². The highest BCUT2D eigenvalue weighted by Gasteiger charge is 1.97. The zero-order valence-corrected chi connectivity index (χ0v) is 9.55. The Labute approximate surface area is 96.1 Å². The first-order chi connectivity index (χ1) is 7.90. The van der Waals surface area contributed by atoms with Crippen LogP contribution >= 0.6 is 0 Å². The van der Waals surface area contributed by atoms with Gasteiger partial charge in [-0.25, -0.2) is 0 Å². The average molecular weight is 216 g/mol. The highest BCUT2D eigenvalue weighted by molar-refractivity contribution is 5.64. The topological polar surface area (TPSA) is 29.5 Å². The Bertz CT molecular complexity index is 410. The second-order valence-electron chi connectivity index (χ2n) is 3.10. The first-order valence-electron chi connectivity index (χ1n) is 5.04. The Morgan fingerprint density at radius 2 is 1.44 bits per heavy atom. The summed E-state index contributed by atoms with van der Waals surface area (Å²) in [5.41, 5.74) is 2.40. The summed E-state index contributed by atoms with van der Waals surface area (Å²) < 4.78 is 5.18. The zero-order valence-electron chi connectivity index (χ0n) is 9.55. The molecule has 0 radical (unpaired) electrons. The van der Waals surface area contributed by atoms with Crippen LogP contribution in [0.5, 0.6) is 5.75 Å². The maximum absolute atomic E-state index is 7.00. The van der Waals surface area contributed by atoms with Crippen LogP contribution in [0, 0.1) is 0 Å². The smallest absolute Gasteiger partial charge is 0.119 e. The molecule has 16 heavy (non-hydrogen) atoms. The minimum atomic E-state index is 0.895. The Balaban J connectivity index is 0.000000606. The van der Waals surface area contributed by atoms with E-state index in [4.69, 9.17) is 9.84 Å². The predicted octanol–water partition coefficient (Wildman–Crippen LogP) is 2.97. The largest absolute Gasteiger partial charge is 0.497 e. The number of aliphatic hydroxyl groups is 1. The Morgan fingerprint density at radius 3 is 2.06 bits per heavy atom. The van der Waals surface area contributed by atoms with Crippen LogP contribution < -0.4 is 4.74 Å². The van der Waals surface area contributed by atoms with Crippen LogP contribution in [0.1, 0.15) is 0 Å². The lowest BCUT2D eigenvalue weighted by Gasteiger charge is -2.03. The van der Waals surface area contributed by atoms with Gasteiger partial charge in [-0.3, -0.25) is 0 Å². The quantitative estimate of drug-likeness (QED) is 0.836. The summed E-state index contributed by atoms with van der Waals surface area (Å²) in [4.78, 5) is 0. The van der Waals surface area contributed by atoms with Crippen molar-refractivity contribution in [3.8, 4) is 16.9 Å². The van der Waals surface area contributed by atoms with E-state index in [9.17, 15) is 0 Å².